The number of nitrogens with zero attached hydrogens (tertiary/aromatic N) is 3. The standard InChI is InChI=1S/C18H18N4OS/c19-9-13-3-1-2-4-14(13)16-10-20-18(24-16)17(23)21-15-11-22-7-5-12(15)6-8-22/h1-4,10,12,15H,5-8,11H2,(H,21,23). The molecule has 24 heavy (non-hydrogen) atoms. The molecule has 1 amide bonds. The maximum absolute atomic E-state index is 12.5. The molecule has 0 aliphatic carbocycles. The largest absolute Gasteiger partial charge is 0.346 e. The molecule has 5 rings (SSSR count). The van der Waals surface area contributed by atoms with Gasteiger partial charge in [0, 0.05) is 24.3 Å². The molecule has 3 aliphatic rings. The lowest BCUT2D eigenvalue weighted by Crippen LogP contribution is -2.57. The Labute approximate surface area is 144 Å². The summed E-state index contributed by atoms with van der Waals surface area (Å²) in [6, 6.07) is 9.82. The number of carbonyl (C=O) groups excluding carboxylic acids is 1. The van der Waals surface area contributed by atoms with Crippen LogP contribution in [0.2, 0.25) is 0 Å². The molecular weight excluding hydrogens is 320 g/mol. The van der Waals surface area contributed by atoms with Gasteiger partial charge in [0.1, 0.15) is 0 Å². The highest BCUT2D eigenvalue weighted by molar-refractivity contribution is 7.17. The summed E-state index contributed by atoms with van der Waals surface area (Å²) in [7, 11) is 0. The summed E-state index contributed by atoms with van der Waals surface area (Å²) < 4.78 is 0. The van der Waals surface area contributed by atoms with E-state index in [9.17, 15) is 10.1 Å². The highest BCUT2D eigenvalue weighted by Gasteiger charge is 2.35. The van der Waals surface area contributed by atoms with Crippen molar-refractivity contribution in [1.82, 2.24) is 15.2 Å². The number of hydrogen-bond acceptors (Lipinski definition) is 5. The van der Waals surface area contributed by atoms with Gasteiger partial charge in [-0.2, -0.15) is 5.26 Å². The van der Waals surface area contributed by atoms with Crippen LogP contribution in [0, 0.1) is 17.2 Å². The zero-order valence-electron chi connectivity index (χ0n) is 13.2. The van der Waals surface area contributed by atoms with Crippen molar-refractivity contribution in [3.05, 3.63) is 41.0 Å². The van der Waals surface area contributed by atoms with E-state index in [0.29, 0.717) is 16.5 Å². The molecule has 1 atom stereocenters. The van der Waals surface area contributed by atoms with Gasteiger partial charge >= 0.3 is 0 Å². The molecule has 0 radical (unpaired) electrons. The molecule has 1 N–H and O–H groups in total. The highest BCUT2D eigenvalue weighted by Crippen LogP contribution is 2.30. The molecule has 3 fully saturated rings. The fourth-order valence-electron chi connectivity index (χ4n) is 3.66. The number of piperidine rings is 3. The minimum atomic E-state index is -0.0977. The van der Waals surface area contributed by atoms with Gasteiger partial charge in [-0.1, -0.05) is 18.2 Å². The van der Waals surface area contributed by atoms with Crippen LogP contribution in [0.1, 0.15) is 28.2 Å². The smallest absolute Gasteiger partial charge is 0.280 e. The molecule has 2 bridgehead atoms. The Morgan fingerprint density at radius 2 is 2.12 bits per heavy atom. The summed E-state index contributed by atoms with van der Waals surface area (Å²) in [4.78, 5) is 20.1. The Morgan fingerprint density at radius 3 is 2.83 bits per heavy atom. The van der Waals surface area contributed by atoms with E-state index in [4.69, 9.17) is 0 Å². The van der Waals surface area contributed by atoms with Gasteiger partial charge in [0.05, 0.1) is 16.5 Å². The first-order chi connectivity index (χ1) is 11.7. The number of amides is 1. The first-order valence-corrected chi connectivity index (χ1v) is 9.05. The van der Waals surface area contributed by atoms with Gasteiger partial charge in [0.2, 0.25) is 0 Å². The van der Waals surface area contributed by atoms with Crippen LogP contribution in [0.25, 0.3) is 10.4 Å². The third-order valence-electron chi connectivity index (χ3n) is 4.99. The van der Waals surface area contributed by atoms with Gasteiger partial charge < -0.3 is 10.2 Å². The molecule has 0 saturated carbocycles. The number of nitriles is 1. The summed E-state index contributed by atoms with van der Waals surface area (Å²) in [5, 5.41) is 12.9. The fraction of sp³-hybridized carbons (Fsp3) is 0.389. The van der Waals surface area contributed by atoms with E-state index in [2.05, 4.69) is 21.3 Å². The summed E-state index contributed by atoms with van der Waals surface area (Å²) in [5.41, 5.74) is 1.44. The summed E-state index contributed by atoms with van der Waals surface area (Å²) in [6.07, 6.45) is 4.03. The number of benzene rings is 1. The molecule has 3 aliphatic heterocycles. The van der Waals surface area contributed by atoms with E-state index >= 15 is 0 Å². The minimum absolute atomic E-state index is 0.0977. The average Bonchev–Trinajstić information content (AvgIpc) is 3.13. The van der Waals surface area contributed by atoms with Crippen molar-refractivity contribution in [3.8, 4) is 16.5 Å². The minimum Gasteiger partial charge on any atom is -0.346 e. The topological polar surface area (TPSA) is 69.0 Å². The molecular formula is C18H18N4OS. The van der Waals surface area contributed by atoms with Crippen LogP contribution in [0.15, 0.2) is 30.5 Å². The number of thiazole rings is 1. The van der Waals surface area contributed by atoms with Gasteiger partial charge in [-0.15, -0.1) is 11.3 Å². The van der Waals surface area contributed by atoms with Gasteiger partial charge in [-0.05, 0) is 37.9 Å². The highest BCUT2D eigenvalue weighted by atomic mass is 32.1. The summed E-state index contributed by atoms with van der Waals surface area (Å²) in [5.74, 6) is 0.497. The maximum Gasteiger partial charge on any atom is 0.280 e. The first kappa shape index (κ1) is 15.3. The Bertz CT molecular complexity index is 801. The van der Waals surface area contributed by atoms with E-state index in [1.807, 2.05) is 18.2 Å². The lowest BCUT2D eigenvalue weighted by molar-refractivity contribution is 0.0620. The summed E-state index contributed by atoms with van der Waals surface area (Å²) in [6.45, 7) is 3.26. The predicted molar refractivity (Wildman–Crippen MR) is 92.7 cm³/mol. The molecule has 1 aromatic heterocycles. The van der Waals surface area contributed by atoms with E-state index < -0.39 is 0 Å². The number of rotatable bonds is 3. The van der Waals surface area contributed by atoms with Crippen molar-refractivity contribution >= 4 is 17.2 Å². The first-order valence-electron chi connectivity index (χ1n) is 8.23. The van der Waals surface area contributed by atoms with E-state index in [0.717, 1.165) is 30.1 Å². The van der Waals surface area contributed by atoms with Crippen LogP contribution in [0.5, 0.6) is 0 Å². The van der Waals surface area contributed by atoms with Crippen molar-refractivity contribution in [3.63, 3.8) is 0 Å². The maximum atomic E-state index is 12.5. The molecule has 6 heteroatoms. The number of fused-ring (bicyclic) bond motifs is 3. The zero-order chi connectivity index (χ0) is 16.5. The fourth-order valence-corrected chi connectivity index (χ4v) is 4.52. The number of hydrogen-bond donors (Lipinski definition) is 1. The van der Waals surface area contributed by atoms with E-state index in [1.165, 1.54) is 24.2 Å². The van der Waals surface area contributed by atoms with Crippen molar-refractivity contribution in [2.45, 2.75) is 18.9 Å². The molecule has 4 heterocycles. The quantitative estimate of drug-likeness (QED) is 0.933. The van der Waals surface area contributed by atoms with Crippen LogP contribution in [-0.2, 0) is 0 Å². The molecule has 1 unspecified atom stereocenters. The predicted octanol–water partition coefficient (Wildman–Crippen LogP) is 2.51. The van der Waals surface area contributed by atoms with Gasteiger partial charge in [-0.3, -0.25) is 4.79 Å². The number of aromatic nitrogens is 1. The van der Waals surface area contributed by atoms with Gasteiger partial charge in [-0.25, -0.2) is 4.98 Å². The van der Waals surface area contributed by atoms with Crippen molar-refractivity contribution < 1.29 is 4.79 Å². The van der Waals surface area contributed by atoms with Crippen LogP contribution in [0.4, 0.5) is 0 Å². The molecule has 0 spiro atoms. The second-order valence-corrected chi connectivity index (χ2v) is 7.44. The number of carbonyl (C=O) groups is 1. The summed E-state index contributed by atoms with van der Waals surface area (Å²) >= 11 is 1.34. The second kappa shape index (κ2) is 6.34. The normalized spacial score (nSPS) is 25.2. The molecule has 5 nitrogen and oxygen atoms in total. The van der Waals surface area contributed by atoms with Crippen molar-refractivity contribution in [2.24, 2.45) is 5.92 Å². The van der Waals surface area contributed by atoms with E-state index in [-0.39, 0.29) is 11.9 Å². The molecule has 2 aromatic rings. The Balaban J connectivity index is 1.50. The lowest BCUT2D eigenvalue weighted by atomic mass is 9.84. The Kier molecular flexibility index (Phi) is 4.05. The van der Waals surface area contributed by atoms with Crippen molar-refractivity contribution in [2.75, 3.05) is 19.6 Å². The lowest BCUT2D eigenvalue weighted by Gasteiger charge is -2.44. The van der Waals surface area contributed by atoms with Gasteiger partial charge in [0.25, 0.3) is 5.91 Å². The van der Waals surface area contributed by atoms with Crippen LogP contribution < -0.4 is 5.32 Å². The monoisotopic (exact) mass is 338 g/mol. The zero-order valence-corrected chi connectivity index (χ0v) is 14.1. The van der Waals surface area contributed by atoms with Gasteiger partial charge in [0.15, 0.2) is 5.01 Å². The van der Waals surface area contributed by atoms with E-state index in [1.54, 1.807) is 12.3 Å². The molecule has 3 saturated heterocycles. The SMILES string of the molecule is N#Cc1ccccc1-c1cnc(C(=O)NC2CN3CCC2CC3)s1. The molecule has 1 aromatic carbocycles. The Morgan fingerprint density at radius 1 is 1.33 bits per heavy atom. The number of nitrogens with one attached hydrogen (secondary N) is 1. The van der Waals surface area contributed by atoms with Crippen LogP contribution in [0.3, 0.4) is 0 Å². The molecule has 122 valence electrons. The third kappa shape index (κ3) is 2.81. The Hall–Kier alpha value is -2.23. The third-order valence-corrected chi connectivity index (χ3v) is 6.01. The second-order valence-electron chi connectivity index (χ2n) is 6.41. The average molecular weight is 338 g/mol. The van der Waals surface area contributed by atoms with Crippen LogP contribution >= 0.6 is 11.3 Å². The van der Waals surface area contributed by atoms with Crippen molar-refractivity contribution in [1.29, 1.82) is 5.26 Å². The van der Waals surface area contributed by atoms with Crippen LogP contribution in [-0.4, -0.2) is 41.5 Å².